The maximum absolute atomic E-state index is 11.9. The average molecular weight is 525 g/mol. The summed E-state index contributed by atoms with van der Waals surface area (Å²) in [5.41, 5.74) is 0. The van der Waals surface area contributed by atoms with Crippen LogP contribution in [0.2, 0.25) is 0 Å². The molecule has 1 heterocycles. The van der Waals surface area contributed by atoms with Gasteiger partial charge in [0.2, 0.25) is 5.91 Å². The van der Waals surface area contributed by atoms with Crippen LogP contribution in [0, 0.1) is 0 Å². The van der Waals surface area contributed by atoms with E-state index < -0.39 is 0 Å². The van der Waals surface area contributed by atoms with Gasteiger partial charge in [0.25, 0.3) is 0 Å². The summed E-state index contributed by atoms with van der Waals surface area (Å²) in [6, 6.07) is 0.501. The Hall–Kier alpha value is -1.26. The van der Waals surface area contributed by atoms with Crippen molar-refractivity contribution in [3.63, 3.8) is 0 Å². The highest BCUT2D eigenvalue weighted by atomic mass is 127. The van der Waals surface area contributed by atoms with E-state index in [0.717, 1.165) is 19.3 Å². The van der Waals surface area contributed by atoms with Crippen LogP contribution in [-0.2, 0) is 9.53 Å². The maximum atomic E-state index is 11.9. The van der Waals surface area contributed by atoms with Crippen LogP contribution in [0.4, 0.5) is 4.79 Å². The van der Waals surface area contributed by atoms with Gasteiger partial charge in [0.15, 0.2) is 5.96 Å². The normalized spacial score (nSPS) is 15.9. The molecule has 2 N–H and O–H groups in total. The maximum Gasteiger partial charge on any atom is 0.409 e. The van der Waals surface area contributed by atoms with Crippen molar-refractivity contribution in [3.8, 4) is 0 Å². The van der Waals surface area contributed by atoms with Crippen LogP contribution in [0.1, 0.15) is 59.3 Å². The number of likely N-dealkylation sites (N-methyl/N-ethyl adjacent to an activating group) is 1. The van der Waals surface area contributed by atoms with Crippen LogP contribution in [0.3, 0.4) is 0 Å². The van der Waals surface area contributed by atoms with Crippen molar-refractivity contribution >= 4 is 41.9 Å². The summed E-state index contributed by atoms with van der Waals surface area (Å²) in [4.78, 5) is 31.5. The first-order valence-electron chi connectivity index (χ1n) is 10.6. The number of carbonyl (C=O) groups is 2. The number of aliphatic imine (C=N–C) groups is 1. The van der Waals surface area contributed by atoms with Gasteiger partial charge in [-0.2, -0.15) is 0 Å². The molecule has 0 aromatic rings. The molecule has 0 aliphatic carbocycles. The predicted molar refractivity (Wildman–Crippen MR) is 128 cm³/mol. The highest BCUT2D eigenvalue weighted by Gasteiger charge is 2.24. The summed E-state index contributed by atoms with van der Waals surface area (Å²) in [6.07, 6.45) is 6.06. The highest BCUT2D eigenvalue weighted by Crippen LogP contribution is 2.12. The van der Waals surface area contributed by atoms with Gasteiger partial charge >= 0.3 is 6.09 Å². The van der Waals surface area contributed by atoms with Crippen molar-refractivity contribution < 1.29 is 14.3 Å². The lowest BCUT2D eigenvalue weighted by molar-refractivity contribution is -0.127. The molecule has 29 heavy (non-hydrogen) atoms. The standard InChI is InChI=1S/C20H39N5O3.HI/c1-6-8-9-10-16(3)22-19(21-15-18(26)24(4)5)23-17-11-13-25(14-12-17)20(27)28-7-2;/h16-17H,6-15H2,1-5H3,(H2,21,22,23);1H. The van der Waals surface area contributed by atoms with Crippen molar-refractivity contribution in [1.82, 2.24) is 20.4 Å². The average Bonchev–Trinajstić information content (AvgIpc) is 2.66. The van der Waals surface area contributed by atoms with Crippen LogP contribution in [0.15, 0.2) is 4.99 Å². The first-order chi connectivity index (χ1) is 13.4. The molecular weight excluding hydrogens is 485 g/mol. The van der Waals surface area contributed by atoms with Gasteiger partial charge in [0, 0.05) is 39.3 Å². The zero-order valence-electron chi connectivity index (χ0n) is 18.7. The lowest BCUT2D eigenvalue weighted by atomic mass is 10.1. The van der Waals surface area contributed by atoms with E-state index in [0.29, 0.717) is 25.7 Å². The molecule has 170 valence electrons. The molecule has 8 nitrogen and oxygen atoms in total. The monoisotopic (exact) mass is 525 g/mol. The number of piperidine rings is 1. The topological polar surface area (TPSA) is 86.3 Å². The van der Waals surface area contributed by atoms with Crippen molar-refractivity contribution in [3.05, 3.63) is 0 Å². The van der Waals surface area contributed by atoms with Crippen molar-refractivity contribution in [1.29, 1.82) is 0 Å². The van der Waals surface area contributed by atoms with E-state index >= 15 is 0 Å². The molecule has 1 aliphatic heterocycles. The molecule has 1 aliphatic rings. The Kier molecular flexibility index (Phi) is 14.9. The second-order valence-corrected chi connectivity index (χ2v) is 7.60. The van der Waals surface area contributed by atoms with Gasteiger partial charge in [-0.15, -0.1) is 24.0 Å². The molecule has 1 atom stereocenters. The summed E-state index contributed by atoms with van der Waals surface area (Å²) in [7, 11) is 3.47. The van der Waals surface area contributed by atoms with Gasteiger partial charge < -0.3 is 25.2 Å². The van der Waals surface area contributed by atoms with Gasteiger partial charge in [-0.25, -0.2) is 9.79 Å². The Morgan fingerprint density at radius 3 is 2.41 bits per heavy atom. The summed E-state index contributed by atoms with van der Waals surface area (Å²) in [6.45, 7) is 7.99. The molecule has 0 spiro atoms. The Morgan fingerprint density at radius 1 is 1.21 bits per heavy atom. The lowest BCUT2D eigenvalue weighted by Gasteiger charge is -2.33. The fourth-order valence-electron chi connectivity index (χ4n) is 3.04. The lowest BCUT2D eigenvalue weighted by Crippen LogP contribution is -2.51. The second-order valence-electron chi connectivity index (χ2n) is 7.60. The first kappa shape index (κ1) is 27.7. The van der Waals surface area contributed by atoms with Gasteiger partial charge in [-0.3, -0.25) is 4.79 Å². The van der Waals surface area contributed by atoms with E-state index in [1.165, 1.54) is 19.3 Å². The minimum Gasteiger partial charge on any atom is -0.450 e. The molecular formula is C20H40IN5O3. The zero-order valence-corrected chi connectivity index (χ0v) is 21.0. The number of unbranched alkanes of at least 4 members (excludes halogenated alkanes) is 2. The van der Waals surface area contributed by atoms with Crippen LogP contribution < -0.4 is 10.6 Å². The second kappa shape index (κ2) is 15.6. The van der Waals surface area contributed by atoms with Gasteiger partial charge in [0.05, 0.1) is 6.61 Å². The molecule has 0 radical (unpaired) electrons. The van der Waals surface area contributed by atoms with Crippen LogP contribution in [0.5, 0.6) is 0 Å². The number of rotatable bonds is 9. The molecule has 1 saturated heterocycles. The number of halogens is 1. The molecule has 1 unspecified atom stereocenters. The number of hydrogen-bond donors (Lipinski definition) is 2. The molecule has 1 fully saturated rings. The fraction of sp³-hybridized carbons (Fsp3) is 0.850. The summed E-state index contributed by atoms with van der Waals surface area (Å²) < 4.78 is 5.07. The van der Waals surface area contributed by atoms with Crippen molar-refractivity contribution in [2.75, 3.05) is 40.3 Å². The third-order valence-corrected chi connectivity index (χ3v) is 4.86. The molecule has 1 rings (SSSR count). The van der Waals surface area contributed by atoms with E-state index in [4.69, 9.17) is 4.74 Å². The summed E-state index contributed by atoms with van der Waals surface area (Å²) in [5, 5.41) is 6.89. The fourth-order valence-corrected chi connectivity index (χ4v) is 3.04. The smallest absolute Gasteiger partial charge is 0.409 e. The number of hydrogen-bond acceptors (Lipinski definition) is 4. The minimum absolute atomic E-state index is 0. The third-order valence-electron chi connectivity index (χ3n) is 4.86. The Labute approximate surface area is 193 Å². The molecule has 0 aromatic carbocycles. The minimum atomic E-state index is -0.242. The van der Waals surface area contributed by atoms with Gasteiger partial charge in [0.1, 0.15) is 6.54 Å². The number of nitrogens with zero attached hydrogens (tertiary/aromatic N) is 3. The molecule has 0 saturated carbocycles. The molecule has 2 amide bonds. The largest absolute Gasteiger partial charge is 0.450 e. The zero-order chi connectivity index (χ0) is 20.9. The Morgan fingerprint density at radius 2 is 1.86 bits per heavy atom. The van der Waals surface area contributed by atoms with Crippen LogP contribution in [-0.4, -0.2) is 80.2 Å². The Bertz CT molecular complexity index is 508. The van der Waals surface area contributed by atoms with E-state index in [9.17, 15) is 9.59 Å². The number of guanidine groups is 1. The number of carbonyl (C=O) groups excluding carboxylic acids is 2. The molecule has 0 aromatic heterocycles. The molecule has 9 heteroatoms. The van der Waals surface area contributed by atoms with E-state index in [1.54, 1.807) is 23.9 Å². The van der Waals surface area contributed by atoms with Crippen LogP contribution >= 0.6 is 24.0 Å². The number of ether oxygens (including phenoxy) is 1. The van der Waals surface area contributed by atoms with Gasteiger partial charge in [-0.1, -0.05) is 26.2 Å². The quantitative estimate of drug-likeness (QED) is 0.209. The number of amides is 2. The number of nitrogens with one attached hydrogen (secondary N) is 2. The first-order valence-corrected chi connectivity index (χ1v) is 10.6. The van der Waals surface area contributed by atoms with Crippen molar-refractivity contribution in [2.45, 2.75) is 71.4 Å². The van der Waals surface area contributed by atoms with E-state index in [2.05, 4.69) is 29.5 Å². The molecule has 0 bridgehead atoms. The van der Waals surface area contributed by atoms with E-state index in [-0.39, 0.29) is 54.6 Å². The van der Waals surface area contributed by atoms with Crippen molar-refractivity contribution in [2.24, 2.45) is 4.99 Å². The van der Waals surface area contributed by atoms with Crippen LogP contribution in [0.25, 0.3) is 0 Å². The summed E-state index contributed by atoms with van der Waals surface area (Å²) in [5.74, 6) is 0.644. The Balaban J connectivity index is 0.00000784. The third kappa shape index (κ3) is 11.5. The van der Waals surface area contributed by atoms with E-state index in [1.807, 2.05) is 6.92 Å². The number of likely N-dealkylation sites (tertiary alicyclic amines) is 1. The SMILES string of the molecule is CCCCCC(C)NC(=NCC(=O)N(C)C)NC1CCN(C(=O)OCC)CC1.I. The van der Waals surface area contributed by atoms with Gasteiger partial charge in [-0.05, 0) is 33.1 Å². The predicted octanol–water partition coefficient (Wildman–Crippen LogP) is 2.82. The summed E-state index contributed by atoms with van der Waals surface area (Å²) >= 11 is 0. The highest BCUT2D eigenvalue weighted by molar-refractivity contribution is 14.0.